The number of aryl methyl sites for hydroxylation is 2. The number of hydrogen-bond acceptors (Lipinski definition) is 8. The van der Waals surface area contributed by atoms with E-state index in [2.05, 4.69) is 20.4 Å². The molecule has 0 aliphatic carbocycles. The number of methoxy groups -OCH3 is 1. The topological polar surface area (TPSA) is 145 Å². The number of aromatic nitrogens is 3. The Morgan fingerprint density at radius 2 is 2.09 bits per heavy atom. The molecule has 1 aromatic carbocycles. The van der Waals surface area contributed by atoms with E-state index in [4.69, 9.17) is 19.7 Å². The van der Waals surface area contributed by atoms with Crippen LogP contribution in [0.1, 0.15) is 33.1 Å². The van der Waals surface area contributed by atoms with Crippen LogP contribution < -0.4 is 20.5 Å². The molecule has 0 unspecified atom stereocenters. The quantitative estimate of drug-likeness (QED) is 0.298. The summed E-state index contributed by atoms with van der Waals surface area (Å²) in [6.45, 7) is 4.00. The van der Waals surface area contributed by atoms with Crippen molar-refractivity contribution < 1.29 is 23.6 Å². The van der Waals surface area contributed by atoms with E-state index in [1.165, 1.54) is 17.4 Å². The van der Waals surface area contributed by atoms with Crippen molar-refractivity contribution in [3.8, 4) is 22.8 Å². The number of nitrogens with two attached hydrogens (primary N) is 1. The molecule has 10 nitrogen and oxygen atoms in total. The highest BCUT2D eigenvalue weighted by atomic mass is 32.1. The number of carbonyl (C=O) groups is 2. The van der Waals surface area contributed by atoms with Crippen molar-refractivity contribution in [1.29, 1.82) is 0 Å². The zero-order valence-electron chi connectivity index (χ0n) is 19.2. The molecule has 0 atom stereocenters. The Bertz CT molecular complexity index is 1380. The second-order valence-corrected chi connectivity index (χ2v) is 8.39. The Hall–Kier alpha value is -4.38. The van der Waals surface area contributed by atoms with Crippen molar-refractivity contribution in [2.24, 2.45) is 5.73 Å². The van der Waals surface area contributed by atoms with Gasteiger partial charge in [-0.2, -0.15) is 0 Å². The first-order chi connectivity index (χ1) is 16.8. The first-order valence-corrected chi connectivity index (χ1v) is 11.4. The largest absolute Gasteiger partial charge is 0.493 e. The van der Waals surface area contributed by atoms with Crippen LogP contribution in [0, 0.1) is 13.8 Å². The van der Waals surface area contributed by atoms with Crippen LogP contribution in [0.15, 0.2) is 46.4 Å². The van der Waals surface area contributed by atoms with E-state index in [0.29, 0.717) is 40.3 Å². The van der Waals surface area contributed by atoms with Crippen LogP contribution in [0.4, 0.5) is 5.13 Å². The van der Waals surface area contributed by atoms with E-state index >= 15 is 0 Å². The van der Waals surface area contributed by atoms with Gasteiger partial charge in [-0.1, -0.05) is 11.2 Å². The van der Waals surface area contributed by atoms with E-state index in [9.17, 15) is 9.59 Å². The molecule has 0 radical (unpaired) electrons. The summed E-state index contributed by atoms with van der Waals surface area (Å²) in [4.78, 5) is 30.8. The molecular weight excluding hydrogens is 470 g/mol. The third kappa shape index (κ3) is 5.58. The van der Waals surface area contributed by atoms with Gasteiger partial charge < -0.3 is 24.7 Å². The highest BCUT2D eigenvalue weighted by Gasteiger charge is 2.13. The number of H-pyrrole nitrogens is 1. The second kappa shape index (κ2) is 10.3. The molecule has 35 heavy (non-hydrogen) atoms. The molecule has 4 aromatic rings. The highest BCUT2D eigenvalue weighted by molar-refractivity contribution is 7.14. The normalized spacial score (nSPS) is 11.1. The van der Waals surface area contributed by atoms with E-state index in [0.717, 1.165) is 16.8 Å². The average molecular weight is 494 g/mol. The summed E-state index contributed by atoms with van der Waals surface area (Å²) in [5.41, 5.74) is 9.30. The van der Waals surface area contributed by atoms with Gasteiger partial charge in [0.1, 0.15) is 18.1 Å². The van der Waals surface area contributed by atoms with Gasteiger partial charge in [0.15, 0.2) is 16.6 Å². The van der Waals surface area contributed by atoms with Gasteiger partial charge in [-0.15, -0.1) is 11.3 Å². The van der Waals surface area contributed by atoms with E-state index in [1.54, 1.807) is 43.0 Å². The minimum atomic E-state index is -0.554. The number of amides is 2. The number of nitrogens with zero attached hydrogens (tertiary/aromatic N) is 2. The molecule has 3 heterocycles. The van der Waals surface area contributed by atoms with Crippen molar-refractivity contribution in [1.82, 2.24) is 15.1 Å². The maximum absolute atomic E-state index is 12.4. The molecular formula is C24H23N5O5S. The lowest BCUT2D eigenvalue weighted by Gasteiger charge is -2.11. The first-order valence-electron chi connectivity index (χ1n) is 10.5. The second-order valence-electron chi connectivity index (χ2n) is 7.53. The third-order valence-corrected chi connectivity index (χ3v) is 5.90. The highest BCUT2D eigenvalue weighted by Crippen LogP contribution is 2.30. The number of benzene rings is 1. The van der Waals surface area contributed by atoms with Crippen molar-refractivity contribution in [3.63, 3.8) is 0 Å². The minimum Gasteiger partial charge on any atom is -0.493 e. The molecule has 3 aromatic heterocycles. The van der Waals surface area contributed by atoms with E-state index < -0.39 is 5.91 Å². The van der Waals surface area contributed by atoms with Crippen molar-refractivity contribution in [2.45, 2.75) is 20.5 Å². The molecule has 0 aliphatic rings. The van der Waals surface area contributed by atoms with Gasteiger partial charge >= 0.3 is 0 Å². The predicted octanol–water partition coefficient (Wildman–Crippen LogP) is 4.08. The van der Waals surface area contributed by atoms with Gasteiger partial charge in [0.2, 0.25) is 5.91 Å². The summed E-state index contributed by atoms with van der Waals surface area (Å²) in [6, 6.07) is 6.98. The Balaban J connectivity index is 1.38. The molecule has 0 saturated carbocycles. The van der Waals surface area contributed by atoms with Gasteiger partial charge in [0.25, 0.3) is 5.91 Å². The Morgan fingerprint density at radius 3 is 2.77 bits per heavy atom. The molecule has 4 N–H and O–H groups in total. The van der Waals surface area contributed by atoms with Gasteiger partial charge in [-0.3, -0.25) is 14.9 Å². The van der Waals surface area contributed by atoms with E-state index in [-0.39, 0.29) is 11.6 Å². The van der Waals surface area contributed by atoms with Crippen LogP contribution in [0.25, 0.3) is 17.3 Å². The van der Waals surface area contributed by atoms with Crippen molar-refractivity contribution in [3.05, 3.63) is 70.2 Å². The van der Waals surface area contributed by atoms with Crippen LogP contribution in [0.2, 0.25) is 0 Å². The van der Waals surface area contributed by atoms with Crippen LogP contribution in [0.3, 0.4) is 0 Å². The number of nitrogens with one attached hydrogen (secondary N) is 2. The number of carbonyl (C=O) groups excluding carboxylic acids is 2. The van der Waals surface area contributed by atoms with E-state index in [1.807, 2.05) is 19.9 Å². The van der Waals surface area contributed by atoms with Crippen molar-refractivity contribution in [2.75, 3.05) is 12.4 Å². The SMILES string of the molecule is COc1cc(/C=C/C(=O)Nc2nc(-c3c[nH]c(C(N)=O)c3)cs2)ccc1OCc1c(C)noc1C. The number of primary amides is 1. The molecule has 4 rings (SSSR count). The number of ether oxygens (including phenoxy) is 2. The molecule has 180 valence electrons. The lowest BCUT2D eigenvalue weighted by molar-refractivity contribution is -0.111. The maximum atomic E-state index is 12.4. The number of rotatable bonds is 9. The van der Waals surface area contributed by atoms with Gasteiger partial charge in [0.05, 0.1) is 24.1 Å². The van der Waals surface area contributed by atoms with Gasteiger partial charge in [-0.25, -0.2) is 4.98 Å². The van der Waals surface area contributed by atoms with Gasteiger partial charge in [0, 0.05) is 23.2 Å². The van der Waals surface area contributed by atoms with Gasteiger partial charge in [-0.05, 0) is 43.7 Å². The molecule has 0 spiro atoms. The summed E-state index contributed by atoms with van der Waals surface area (Å²) in [6.07, 6.45) is 4.70. The number of thiazole rings is 1. The molecule has 2 amide bonds. The smallest absolute Gasteiger partial charge is 0.265 e. The van der Waals surface area contributed by atoms with Crippen LogP contribution in [0.5, 0.6) is 11.5 Å². The molecule has 11 heteroatoms. The summed E-state index contributed by atoms with van der Waals surface area (Å²) in [5, 5.41) is 8.86. The Kier molecular flexibility index (Phi) is 6.97. The molecule has 0 fully saturated rings. The average Bonchev–Trinajstić information content (AvgIpc) is 3.58. The van der Waals surface area contributed by atoms with Crippen LogP contribution >= 0.6 is 11.3 Å². The number of aromatic amines is 1. The minimum absolute atomic E-state index is 0.289. The molecule has 0 aliphatic heterocycles. The fourth-order valence-electron chi connectivity index (χ4n) is 3.23. The molecule has 0 bridgehead atoms. The van der Waals surface area contributed by atoms with Crippen LogP contribution in [-0.4, -0.2) is 34.0 Å². The summed E-state index contributed by atoms with van der Waals surface area (Å²) < 4.78 is 16.5. The summed E-state index contributed by atoms with van der Waals surface area (Å²) >= 11 is 1.27. The monoisotopic (exact) mass is 493 g/mol. The van der Waals surface area contributed by atoms with Crippen LogP contribution in [-0.2, 0) is 11.4 Å². The summed E-state index contributed by atoms with van der Waals surface area (Å²) in [5.74, 6) is 0.916. The Labute approximate surface area is 204 Å². The molecule has 0 saturated heterocycles. The number of anilines is 1. The Morgan fingerprint density at radius 1 is 1.26 bits per heavy atom. The fraction of sp³-hybridized carbons (Fsp3) is 0.167. The lowest BCUT2D eigenvalue weighted by Crippen LogP contribution is -2.10. The summed E-state index contributed by atoms with van der Waals surface area (Å²) in [7, 11) is 1.55. The maximum Gasteiger partial charge on any atom is 0.265 e. The van der Waals surface area contributed by atoms with Crippen molar-refractivity contribution >= 4 is 34.4 Å². The lowest BCUT2D eigenvalue weighted by atomic mass is 10.2. The first kappa shape index (κ1) is 23.8. The zero-order chi connectivity index (χ0) is 24.9. The third-order valence-electron chi connectivity index (χ3n) is 5.15. The standard InChI is InChI=1S/C24H23N5O5S/c1-13-17(14(2)34-29-13)11-33-20-6-4-15(8-21(20)32-3)5-7-22(30)28-24-27-19(12-35-24)16-9-18(23(25)31)26-10-16/h4-10,12,26H,11H2,1-3H3,(H2,25,31)(H,27,28,30)/b7-5+. The number of hydrogen-bond donors (Lipinski definition) is 3. The fourth-order valence-corrected chi connectivity index (χ4v) is 3.95. The predicted molar refractivity (Wildman–Crippen MR) is 131 cm³/mol. The zero-order valence-corrected chi connectivity index (χ0v) is 20.1.